The van der Waals surface area contributed by atoms with Crippen LogP contribution in [-0.4, -0.2) is 43.6 Å². The summed E-state index contributed by atoms with van der Waals surface area (Å²) in [7, 11) is -3.56. The van der Waals surface area contributed by atoms with E-state index >= 15 is 0 Å². The van der Waals surface area contributed by atoms with E-state index in [0.717, 1.165) is 32.2 Å². The van der Waals surface area contributed by atoms with E-state index in [0.29, 0.717) is 27.8 Å². The van der Waals surface area contributed by atoms with E-state index in [1.807, 2.05) is 4.90 Å². The smallest absolute Gasteiger partial charge is 0.299 e. The Hall–Kier alpha value is -2.59. The average Bonchev–Trinajstić information content (AvgIpc) is 3.15. The topological polar surface area (TPSA) is 133 Å². The third kappa shape index (κ3) is 2.98. The fourth-order valence-corrected chi connectivity index (χ4v) is 5.07. The van der Waals surface area contributed by atoms with Gasteiger partial charge in [-0.3, -0.25) is 4.79 Å². The van der Waals surface area contributed by atoms with E-state index in [1.54, 1.807) is 6.07 Å². The molecule has 3 aromatic heterocycles. The molecule has 1 aliphatic heterocycles. The third-order valence-corrected chi connectivity index (χ3v) is 6.79. The highest BCUT2D eigenvalue weighted by atomic mass is 35.5. The van der Waals surface area contributed by atoms with Gasteiger partial charge in [-0.15, -0.1) is 0 Å². The van der Waals surface area contributed by atoms with Crippen LogP contribution in [0.2, 0.25) is 5.02 Å². The van der Waals surface area contributed by atoms with Crippen molar-refractivity contribution in [1.29, 1.82) is 0 Å². The normalized spacial score (nSPS) is 18.8. The van der Waals surface area contributed by atoms with Gasteiger partial charge in [-0.1, -0.05) is 11.6 Å². The molecular formula is C18H17ClN4O5S. The molecule has 0 aromatic carbocycles. The van der Waals surface area contributed by atoms with Gasteiger partial charge in [-0.05, 0) is 24.8 Å². The number of pyridine rings is 1. The SMILES string of the molecule is CS(=O)(=O)c1cc(C2CC3(C2)CN(c2nc4cc(Cl)cnc4o2)C3)c(C(N)=O)o1. The van der Waals surface area contributed by atoms with E-state index in [4.69, 9.17) is 26.2 Å². The zero-order valence-electron chi connectivity index (χ0n) is 15.4. The minimum atomic E-state index is -3.56. The summed E-state index contributed by atoms with van der Waals surface area (Å²) in [6.45, 7) is 1.51. The van der Waals surface area contributed by atoms with Crippen LogP contribution < -0.4 is 10.6 Å². The molecule has 1 amide bonds. The van der Waals surface area contributed by atoms with Crippen LogP contribution in [-0.2, 0) is 9.84 Å². The summed E-state index contributed by atoms with van der Waals surface area (Å²) in [6.07, 6.45) is 4.15. The van der Waals surface area contributed by atoms with Crippen molar-refractivity contribution in [3.05, 3.63) is 34.7 Å². The number of hydrogen-bond donors (Lipinski definition) is 1. The number of fused-ring (bicyclic) bond motifs is 1. The van der Waals surface area contributed by atoms with Crippen LogP contribution in [0, 0.1) is 5.41 Å². The van der Waals surface area contributed by atoms with E-state index in [2.05, 4.69) is 9.97 Å². The molecule has 1 saturated heterocycles. The summed E-state index contributed by atoms with van der Waals surface area (Å²) in [4.78, 5) is 22.3. The number of carbonyl (C=O) groups is 1. The molecule has 4 heterocycles. The Morgan fingerprint density at radius 2 is 2.03 bits per heavy atom. The van der Waals surface area contributed by atoms with Gasteiger partial charge in [0.05, 0.1) is 5.02 Å². The number of furan rings is 1. The molecule has 3 aromatic rings. The van der Waals surface area contributed by atoms with Gasteiger partial charge in [0.25, 0.3) is 11.9 Å². The molecule has 0 unspecified atom stereocenters. The second-order valence-electron chi connectivity index (χ2n) is 7.92. The molecule has 2 aliphatic rings. The first-order chi connectivity index (χ1) is 13.6. The lowest BCUT2D eigenvalue weighted by Crippen LogP contribution is -2.62. The van der Waals surface area contributed by atoms with Gasteiger partial charge in [0.15, 0.2) is 5.76 Å². The van der Waals surface area contributed by atoms with Crippen molar-refractivity contribution in [1.82, 2.24) is 9.97 Å². The lowest BCUT2D eigenvalue weighted by Gasteiger charge is -2.58. The molecule has 29 heavy (non-hydrogen) atoms. The van der Waals surface area contributed by atoms with Gasteiger partial charge < -0.3 is 19.5 Å². The maximum Gasteiger partial charge on any atom is 0.299 e. The highest BCUT2D eigenvalue weighted by Gasteiger charge is 2.54. The monoisotopic (exact) mass is 436 g/mol. The zero-order valence-corrected chi connectivity index (χ0v) is 17.0. The lowest BCUT2D eigenvalue weighted by atomic mass is 9.56. The maximum absolute atomic E-state index is 11.8. The minimum absolute atomic E-state index is 0.0306. The molecular weight excluding hydrogens is 420 g/mol. The van der Waals surface area contributed by atoms with E-state index in [9.17, 15) is 13.2 Å². The molecule has 0 bridgehead atoms. The second kappa shape index (κ2) is 5.96. The molecule has 2 fully saturated rings. The second-order valence-corrected chi connectivity index (χ2v) is 10.3. The number of anilines is 1. The Bertz CT molecular complexity index is 1250. The van der Waals surface area contributed by atoms with Gasteiger partial charge in [-0.2, -0.15) is 4.98 Å². The number of nitrogens with two attached hydrogens (primary N) is 1. The van der Waals surface area contributed by atoms with Crippen molar-refractivity contribution < 1.29 is 22.0 Å². The molecule has 2 N–H and O–H groups in total. The van der Waals surface area contributed by atoms with E-state index in [-0.39, 0.29) is 22.2 Å². The molecule has 9 nitrogen and oxygen atoms in total. The Morgan fingerprint density at radius 1 is 1.31 bits per heavy atom. The van der Waals surface area contributed by atoms with Gasteiger partial charge in [0.2, 0.25) is 20.6 Å². The Balaban J connectivity index is 1.30. The molecule has 0 radical (unpaired) electrons. The van der Waals surface area contributed by atoms with Crippen LogP contribution in [0.15, 0.2) is 32.3 Å². The van der Waals surface area contributed by atoms with Crippen LogP contribution in [0.3, 0.4) is 0 Å². The Kier molecular flexibility index (Phi) is 3.79. The number of halogens is 1. The minimum Gasteiger partial charge on any atom is -0.439 e. The van der Waals surface area contributed by atoms with Crippen LogP contribution in [0.5, 0.6) is 0 Å². The van der Waals surface area contributed by atoms with Crippen LogP contribution in [0.4, 0.5) is 6.01 Å². The van der Waals surface area contributed by atoms with Crippen molar-refractivity contribution in [3.8, 4) is 0 Å². The molecule has 1 spiro atoms. The van der Waals surface area contributed by atoms with Crippen LogP contribution in [0.1, 0.15) is 34.9 Å². The largest absolute Gasteiger partial charge is 0.439 e. The van der Waals surface area contributed by atoms with Crippen molar-refractivity contribution in [2.24, 2.45) is 11.1 Å². The zero-order chi connectivity index (χ0) is 20.6. The number of hydrogen-bond acceptors (Lipinski definition) is 8. The van der Waals surface area contributed by atoms with Gasteiger partial charge >= 0.3 is 0 Å². The van der Waals surface area contributed by atoms with Crippen molar-refractivity contribution in [2.75, 3.05) is 24.2 Å². The predicted octanol–water partition coefficient (Wildman–Crippen LogP) is 2.36. The van der Waals surface area contributed by atoms with Gasteiger partial charge in [-0.25, -0.2) is 13.4 Å². The summed E-state index contributed by atoms with van der Waals surface area (Å²) < 4.78 is 34.4. The molecule has 1 aliphatic carbocycles. The average molecular weight is 437 g/mol. The molecule has 0 atom stereocenters. The third-order valence-electron chi connectivity index (χ3n) is 5.65. The van der Waals surface area contributed by atoms with Gasteiger partial charge in [0.1, 0.15) is 5.52 Å². The summed E-state index contributed by atoms with van der Waals surface area (Å²) in [5, 5.41) is 0.271. The van der Waals surface area contributed by atoms with Crippen LogP contribution >= 0.6 is 11.6 Å². The fourth-order valence-electron chi connectivity index (χ4n) is 4.34. The number of sulfone groups is 1. The Labute approximate surface area is 170 Å². The van der Waals surface area contributed by atoms with E-state index < -0.39 is 15.7 Å². The van der Waals surface area contributed by atoms with Crippen LogP contribution in [0.25, 0.3) is 11.2 Å². The van der Waals surface area contributed by atoms with Crippen molar-refractivity contribution >= 4 is 44.6 Å². The highest BCUT2D eigenvalue weighted by molar-refractivity contribution is 7.90. The molecule has 5 rings (SSSR count). The summed E-state index contributed by atoms with van der Waals surface area (Å²) in [5.74, 6) is -0.796. The van der Waals surface area contributed by atoms with Crippen molar-refractivity contribution in [3.63, 3.8) is 0 Å². The molecule has 152 valence electrons. The van der Waals surface area contributed by atoms with E-state index in [1.165, 1.54) is 12.3 Å². The number of oxazole rings is 1. The number of aromatic nitrogens is 2. The Morgan fingerprint density at radius 3 is 2.69 bits per heavy atom. The lowest BCUT2D eigenvalue weighted by molar-refractivity contribution is 0.0582. The number of nitrogens with zero attached hydrogens (tertiary/aromatic N) is 3. The first kappa shape index (κ1) is 18.4. The summed E-state index contributed by atoms with van der Waals surface area (Å²) in [6, 6.07) is 3.64. The molecule has 1 saturated carbocycles. The highest BCUT2D eigenvalue weighted by Crippen LogP contribution is 2.57. The first-order valence-electron chi connectivity index (χ1n) is 8.94. The van der Waals surface area contributed by atoms with Gasteiger partial charge in [0, 0.05) is 42.6 Å². The number of amides is 1. The van der Waals surface area contributed by atoms with Crippen molar-refractivity contribution in [2.45, 2.75) is 23.9 Å². The predicted molar refractivity (Wildman–Crippen MR) is 104 cm³/mol. The summed E-state index contributed by atoms with van der Waals surface area (Å²) >= 11 is 5.94. The first-order valence-corrected chi connectivity index (χ1v) is 11.2. The fraction of sp³-hybridized carbons (Fsp3) is 0.389. The number of rotatable bonds is 4. The maximum atomic E-state index is 11.8. The number of primary amides is 1. The summed E-state index contributed by atoms with van der Waals surface area (Å²) in [5.41, 5.74) is 7.07. The molecule has 11 heteroatoms. The number of carbonyl (C=O) groups excluding carboxylic acids is 1. The quantitative estimate of drug-likeness (QED) is 0.658. The standard InChI is InChI=1S/C18H17ClN4O5S/c1-29(25,26)13-3-11(14(27-13)15(20)24)9-4-18(5-9)7-23(8-18)17-22-12-2-10(19)6-21-16(12)28-17/h2-3,6,9H,4-5,7-8H2,1H3,(H2,20,24).